The van der Waals surface area contributed by atoms with Crippen LogP contribution in [0, 0.1) is 12.8 Å². The number of hydrogen-bond acceptors (Lipinski definition) is 11. The summed E-state index contributed by atoms with van der Waals surface area (Å²) in [6, 6.07) is 50.4. The van der Waals surface area contributed by atoms with Crippen molar-refractivity contribution in [1.29, 1.82) is 0 Å². The van der Waals surface area contributed by atoms with Crippen molar-refractivity contribution in [1.82, 2.24) is 4.72 Å². The van der Waals surface area contributed by atoms with Crippen LogP contribution in [0.25, 0.3) is 5.57 Å². The maximum absolute atomic E-state index is 12.7. The second kappa shape index (κ2) is 25.3. The Morgan fingerprint density at radius 1 is 0.571 bits per heavy atom. The Labute approximate surface area is 471 Å². The molecule has 0 aromatic heterocycles. The van der Waals surface area contributed by atoms with E-state index in [-0.39, 0.29) is 28.5 Å². The third kappa shape index (κ3) is 14.8. The smallest absolute Gasteiger partial charge is 0.240 e. The van der Waals surface area contributed by atoms with Crippen molar-refractivity contribution in [2.75, 3.05) is 38.1 Å². The average Bonchev–Trinajstić information content (AvgIpc) is 3.44. The van der Waals surface area contributed by atoms with Crippen molar-refractivity contribution in [3.05, 3.63) is 213 Å². The van der Waals surface area contributed by atoms with Gasteiger partial charge in [0.15, 0.2) is 19.7 Å². The molecule has 0 saturated carbocycles. The number of aryl methyl sites for hydroxylation is 1. The van der Waals surface area contributed by atoms with Gasteiger partial charge in [0, 0.05) is 62.2 Å². The lowest BCUT2D eigenvalue weighted by Gasteiger charge is -2.23. The van der Waals surface area contributed by atoms with Crippen molar-refractivity contribution in [3.63, 3.8) is 0 Å². The fourth-order valence-electron chi connectivity index (χ4n) is 9.37. The molecule has 0 spiro atoms. The van der Waals surface area contributed by atoms with Gasteiger partial charge in [0.25, 0.3) is 0 Å². The Bertz CT molecular complexity index is 3630. The molecule has 2 fully saturated rings. The number of nitrogens with one attached hydrogen (secondary N) is 1. The fourth-order valence-corrected chi connectivity index (χ4v) is 16.1. The zero-order valence-electron chi connectivity index (χ0n) is 43.0. The highest BCUT2D eigenvalue weighted by Gasteiger charge is 2.25. The number of rotatable bonds is 12. The van der Waals surface area contributed by atoms with E-state index in [9.17, 15) is 25.3 Å². The van der Waals surface area contributed by atoms with Crippen LogP contribution >= 0.6 is 39.5 Å². The number of ether oxygens (including phenoxy) is 2. The summed E-state index contributed by atoms with van der Waals surface area (Å²) in [6.45, 7) is 10.6. The summed E-state index contributed by atoms with van der Waals surface area (Å²) >= 11 is 6.88. The molecule has 7 aromatic carbocycles. The number of fused-ring (bicyclic) bond motifs is 4. The van der Waals surface area contributed by atoms with E-state index >= 15 is 0 Å². The monoisotopic (exact) mass is 1190 g/mol. The molecule has 0 atom stereocenters. The predicted octanol–water partition coefficient (Wildman–Crippen LogP) is 13.2. The van der Waals surface area contributed by atoms with E-state index in [1.807, 2.05) is 50.2 Å². The summed E-state index contributed by atoms with van der Waals surface area (Å²) in [5.41, 5.74) is 10.8. The van der Waals surface area contributed by atoms with E-state index in [0.29, 0.717) is 49.1 Å². The van der Waals surface area contributed by atoms with Crippen molar-refractivity contribution < 1.29 is 34.7 Å². The van der Waals surface area contributed by atoms with Crippen LogP contribution < -0.4 is 4.72 Å². The van der Waals surface area contributed by atoms with Crippen LogP contribution in [0.15, 0.2) is 208 Å². The first-order valence-corrected chi connectivity index (χ1v) is 32.8. The summed E-state index contributed by atoms with van der Waals surface area (Å²) in [6.07, 6.45) is 4.89. The van der Waals surface area contributed by atoms with E-state index in [1.54, 1.807) is 66.0 Å². The van der Waals surface area contributed by atoms with Gasteiger partial charge in [0.2, 0.25) is 10.0 Å². The Hall–Kier alpha value is -5.14. The molecule has 1 N–H and O–H groups in total. The second-order valence-electron chi connectivity index (χ2n) is 19.5. The lowest BCUT2D eigenvalue weighted by atomic mass is 9.95. The molecule has 2 saturated heterocycles. The normalized spacial score (nSPS) is 15.8. The highest BCUT2D eigenvalue weighted by molar-refractivity contribution is 9.10. The first-order chi connectivity index (χ1) is 37.0. The molecule has 0 unspecified atom stereocenters. The van der Waals surface area contributed by atoms with Crippen LogP contribution in [0.3, 0.4) is 0 Å². The fraction of sp³-hybridized carbons (Fsp3) is 0.262. The number of aliphatic imine (C=N–C) groups is 1. The minimum Gasteiger partial charge on any atom is -0.381 e. The third-order valence-electron chi connectivity index (χ3n) is 13.9. The quantitative estimate of drug-likeness (QED) is 0.117. The SMILES string of the molecule is C=C(c1ccc(S(=O)(=O)NC2CCOCC2)cc1)c1ccc2c(c1)Cc1ccccc1S2.CC(=NCS(=O)(=O)c1ccc(C)cc1)c1ccc2c(c1)Cc1ccccc1S2.O=S(=O)(CC1CCOCC1)c1cccc(Br)c1. The van der Waals surface area contributed by atoms with Crippen molar-refractivity contribution >= 4 is 80.4 Å². The summed E-state index contributed by atoms with van der Waals surface area (Å²) < 4.78 is 89.1. The van der Waals surface area contributed by atoms with Crippen LogP contribution in [0.4, 0.5) is 0 Å². The third-order valence-corrected chi connectivity index (χ3v) is 21.7. The average molecular weight is 1190 g/mol. The molecular weight excluding hydrogens is 1130 g/mol. The zero-order chi connectivity index (χ0) is 54.2. The van der Waals surface area contributed by atoms with E-state index in [1.165, 1.54) is 41.8 Å². The Morgan fingerprint density at radius 3 is 1.69 bits per heavy atom. The first-order valence-electron chi connectivity index (χ1n) is 25.5. The molecule has 16 heteroatoms. The van der Waals surface area contributed by atoms with E-state index < -0.39 is 29.7 Å². The number of benzene rings is 7. The number of halogens is 1. The van der Waals surface area contributed by atoms with Crippen LogP contribution in [-0.2, 0) is 52.0 Å². The number of hydrogen-bond donors (Lipinski definition) is 1. The van der Waals surface area contributed by atoms with Gasteiger partial charge < -0.3 is 9.47 Å². The van der Waals surface area contributed by atoms with Gasteiger partial charge in [-0.15, -0.1) is 0 Å². The molecule has 0 bridgehead atoms. The molecular formula is C61H61BrN2O8S5. The molecule has 400 valence electrons. The standard InChI is InChI=1S/C26H25NO3S2.C23H21NO2S2.C12H15BrO3S/c1-18(20-8-11-26-22(16-20)17-21-4-2-3-5-25(21)31-26)19-6-9-24(10-7-19)32(28,29)27-23-12-14-30-15-13-23;1-16-7-10-21(11-8-16)28(25,26)15-24-17(2)18-9-12-23-20(13-18)14-19-5-3-4-6-22(19)27-23;13-11-2-1-3-12(8-11)17(14,15)9-10-4-6-16-7-5-10/h2-11,16,23,27H,1,12-15,17H2;3-13H,14-15H2,1-2H3;1-3,8,10H,4-7,9H2. The maximum Gasteiger partial charge on any atom is 0.240 e. The van der Waals surface area contributed by atoms with Crippen LogP contribution in [0.5, 0.6) is 0 Å². The number of sulfone groups is 2. The summed E-state index contributed by atoms with van der Waals surface area (Å²) in [4.78, 5) is 10.5. The van der Waals surface area contributed by atoms with Crippen LogP contribution in [0.1, 0.15) is 77.1 Å². The van der Waals surface area contributed by atoms with Crippen LogP contribution in [0.2, 0.25) is 0 Å². The zero-order valence-corrected chi connectivity index (χ0v) is 48.7. The van der Waals surface area contributed by atoms with Gasteiger partial charge in [0.1, 0.15) is 5.88 Å². The minimum absolute atomic E-state index is 0.0677. The molecule has 0 amide bonds. The van der Waals surface area contributed by atoms with E-state index in [4.69, 9.17) is 9.47 Å². The van der Waals surface area contributed by atoms with Gasteiger partial charge in [-0.2, -0.15) is 0 Å². The lowest BCUT2D eigenvalue weighted by Crippen LogP contribution is -2.38. The Kier molecular flexibility index (Phi) is 18.6. The van der Waals surface area contributed by atoms with Gasteiger partial charge in [-0.1, -0.05) is 130 Å². The summed E-state index contributed by atoms with van der Waals surface area (Å²) in [7, 11) is -10.1. The molecule has 7 aromatic rings. The molecule has 10 nitrogen and oxygen atoms in total. The van der Waals surface area contributed by atoms with E-state index in [2.05, 4.69) is 111 Å². The van der Waals surface area contributed by atoms with Crippen molar-refractivity contribution in [2.24, 2.45) is 10.9 Å². The van der Waals surface area contributed by atoms with Gasteiger partial charge in [-0.05, 0) is 182 Å². The van der Waals surface area contributed by atoms with Crippen LogP contribution in [-0.4, -0.2) is 75.1 Å². The molecule has 77 heavy (non-hydrogen) atoms. The van der Waals surface area contributed by atoms with Gasteiger partial charge >= 0.3 is 0 Å². The van der Waals surface area contributed by atoms with Gasteiger partial charge in [0.05, 0.1) is 20.4 Å². The molecule has 0 radical (unpaired) electrons. The summed E-state index contributed by atoms with van der Waals surface area (Å²) in [5, 5.41) is 0. The Balaban J connectivity index is 0.000000147. The second-order valence-corrected chi connectivity index (χ2v) is 28.3. The molecule has 4 aliphatic rings. The highest BCUT2D eigenvalue weighted by Crippen LogP contribution is 2.42. The Morgan fingerprint density at radius 2 is 1.09 bits per heavy atom. The number of sulfonamides is 1. The molecule has 0 aliphatic carbocycles. The highest BCUT2D eigenvalue weighted by atomic mass is 79.9. The topological polar surface area (TPSA) is 145 Å². The maximum atomic E-state index is 12.7. The first kappa shape index (κ1) is 56.6. The minimum atomic E-state index is -3.55. The van der Waals surface area contributed by atoms with E-state index in [0.717, 1.165) is 63.7 Å². The molecule has 4 heterocycles. The van der Waals surface area contributed by atoms with Gasteiger partial charge in [-0.3, -0.25) is 4.99 Å². The molecule has 4 aliphatic heterocycles. The van der Waals surface area contributed by atoms with Crippen molar-refractivity contribution in [2.45, 2.75) is 92.7 Å². The van der Waals surface area contributed by atoms with Gasteiger partial charge in [-0.25, -0.2) is 30.0 Å². The largest absolute Gasteiger partial charge is 0.381 e. The number of nitrogens with zero attached hydrogens (tertiary/aromatic N) is 1. The lowest BCUT2D eigenvalue weighted by molar-refractivity contribution is 0.0723. The summed E-state index contributed by atoms with van der Waals surface area (Å²) in [5.74, 6) is 0.219. The molecule has 11 rings (SSSR count). The predicted molar refractivity (Wildman–Crippen MR) is 314 cm³/mol. The van der Waals surface area contributed by atoms with Crippen molar-refractivity contribution in [3.8, 4) is 0 Å².